The number of nitrogens with one attached hydrogen (secondary N) is 2. The van der Waals surface area contributed by atoms with Crippen molar-refractivity contribution >= 4 is 21.6 Å². The summed E-state index contributed by atoms with van der Waals surface area (Å²) in [7, 11) is -3.46. The number of anilines is 1. The first-order valence-electron chi connectivity index (χ1n) is 11.2. The van der Waals surface area contributed by atoms with Crippen molar-refractivity contribution in [1.29, 1.82) is 0 Å². The molecule has 0 saturated heterocycles. The summed E-state index contributed by atoms with van der Waals surface area (Å²) >= 11 is 0. The van der Waals surface area contributed by atoms with Gasteiger partial charge >= 0.3 is 6.03 Å². The second-order valence-electron chi connectivity index (χ2n) is 7.62. The Morgan fingerprint density at radius 2 is 1.53 bits per heavy atom. The molecule has 32 heavy (non-hydrogen) atoms. The van der Waals surface area contributed by atoms with Crippen LogP contribution in [0.2, 0.25) is 0 Å². The summed E-state index contributed by atoms with van der Waals surface area (Å²) in [5, 5.41) is 6.28. The second-order valence-corrected chi connectivity index (χ2v) is 9.73. The Kier molecular flexibility index (Phi) is 10.5. The number of carbonyl (C=O) groups excluding carboxylic acids is 1. The van der Waals surface area contributed by atoms with Gasteiger partial charge in [-0.15, -0.1) is 0 Å². The lowest BCUT2D eigenvalue weighted by Gasteiger charge is -2.25. The zero-order valence-corrected chi connectivity index (χ0v) is 20.2. The highest BCUT2D eigenvalue weighted by atomic mass is 32.2. The molecule has 0 fully saturated rings. The van der Waals surface area contributed by atoms with E-state index in [1.165, 1.54) is 0 Å². The number of rotatable bonds is 13. The van der Waals surface area contributed by atoms with E-state index in [0.29, 0.717) is 19.6 Å². The fraction of sp³-hybridized carbons (Fsp3) is 0.458. The van der Waals surface area contributed by atoms with E-state index in [1.807, 2.05) is 31.2 Å². The minimum Gasteiger partial charge on any atom is -0.383 e. The van der Waals surface area contributed by atoms with Crippen molar-refractivity contribution in [3.63, 3.8) is 0 Å². The van der Waals surface area contributed by atoms with E-state index in [0.717, 1.165) is 30.9 Å². The number of nitrogens with zero attached hydrogens (tertiary/aromatic N) is 2. The molecule has 176 valence electrons. The van der Waals surface area contributed by atoms with Crippen LogP contribution in [0.5, 0.6) is 0 Å². The molecule has 0 unspecified atom stereocenters. The van der Waals surface area contributed by atoms with Crippen LogP contribution in [0.4, 0.5) is 10.5 Å². The van der Waals surface area contributed by atoms with E-state index in [4.69, 9.17) is 0 Å². The van der Waals surface area contributed by atoms with Gasteiger partial charge in [0.15, 0.2) is 9.84 Å². The van der Waals surface area contributed by atoms with E-state index < -0.39 is 9.84 Å². The standard InChI is InChI=1S/C24H36N4O3S/c1-4-27(5-2)17-15-26-24(29)28(18-16-25-23-14-10-9-11-21(23)3)19-20-32(30,31)22-12-7-6-8-13-22/h6-14,25H,4-5,15-20H2,1-3H3,(H,26,29). The first-order valence-corrected chi connectivity index (χ1v) is 12.8. The number of likely N-dealkylation sites (N-methyl/N-ethyl adjacent to an activating group) is 1. The van der Waals surface area contributed by atoms with E-state index in [-0.39, 0.29) is 23.2 Å². The predicted octanol–water partition coefficient (Wildman–Crippen LogP) is 3.23. The monoisotopic (exact) mass is 460 g/mol. The average Bonchev–Trinajstić information content (AvgIpc) is 2.80. The van der Waals surface area contributed by atoms with E-state index in [2.05, 4.69) is 29.4 Å². The molecule has 0 heterocycles. The van der Waals surface area contributed by atoms with E-state index >= 15 is 0 Å². The molecule has 0 aliphatic rings. The number of benzene rings is 2. The van der Waals surface area contributed by atoms with Crippen LogP contribution in [-0.2, 0) is 9.84 Å². The maximum Gasteiger partial charge on any atom is 0.317 e. The molecule has 0 aromatic heterocycles. The smallest absolute Gasteiger partial charge is 0.317 e. The first kappa shape index (κ1) is 25.7. The summed E-state index contributed by atoms with van der Waals surface area (Å²) in [5.74, 6) is -0.120. The molecule has 2 N–H and O–H groups in total. The molecule has 2 rings (SSSR count). The largest absolute Gasteiger partial charge is 0.383 e. The average molecular weight is 461 g/mol. The number of hydrogen-bond acceptors (Lipinski definition) is 5. The van der Waals surface area contributed by atoms with Crippen LogP contribution < -0.4 is 10.6 Å². The molecule has 0 bridgehead atoms. The van der Waals surface area contributed by atoms with Crippen molar-refractivity contribution < 1.29 is 13.2 Å². The summed E-state index contributed by atoms with van der Waals surface area (Å²) in [6, 6.07) is 16.1. The normalized spacial score (nSPS) is 11.4. The highest BCUT2D eigenvalue weighted by Crippen LogP contribution is 2.13. The van der Waals surface area contributed by atoms with Gasteiger partial charge in [-0.25, -0.2) is 13.2 Å². The van der Waals surface area contributed by atoms with Crippen molar-refractivity contribution in [3.05, 3.63) is 60.2 Å². The van der Waals surface area contributed by atoms with Crippen LogP contribution in [0.15, 0.2) is 59.5 Å². The molecule has 0 aliphatic carbocycles. The number of aryl methyl sites for hydroxylation is 1. The SMILES string of the molecule is CCN(CC)CCNC(=O)N(CCNc1ccccc1C)CCS(=O)(=O)c1ccccc1. The maximum absolute atomic E-state index is 12.8. The van der Waals surface area contributed by atoms with Crippen LogP contribution in [0.3, 0.4) is 0 Å². The van der Waals surface area contributed by atoms with Crippen molar-refractivity contribution in [1.82, 2.24) is 15.1 Å². The molecular formula is C24H36N4O3S. The Hall–Kier alpha value is -2.58. The van der Waals surface area contributed by atoms with Gasteiger partial charge in [-0.3, -0.25) is 0 Å². The van der Waals surface area contributed by atoms with Gasteiger partial charge in [0.25, 0.3) is 0 Å². The number of amides is 2. The Morgan fingerprint density at radius 3 is 2.19 bits per heavy atom. The van der Waals surface area contributed by atoms with Gasteiger partial charge in [0, 0.05) is 38.4 Å². The van der Waals surface area contributed by atoms with Gasteiger partial charge < -0.3 is 20.4 Å². The van der Waals surface area contributed by atoms with Gasteiger partial charge in [0.05, 0.1) is 10.6 Å². The fourth-order valence-corrected chi connectivity index (χ4v) is 4.63. The number of sulfone groups is 1. The van der Waals surface area contributed by atoms with Gasteiger partial charge in [-0.05, 0) is 43.8 Å². The van der Waals surface area contributed by atoms with Crippen molar-refractivity contribution in [2.45, 2.75) is 25.7 Å². The summed E-state index contributed by atoms with van der Waals surface area (Å²) in [6.07, 6.45) is 0. The Balaban J connectivity index is 1.99. The van der Waals surface area contributed by atoms with Crippen molar-refractivity contribution in [2.24, 2.45) is 0 Å². The summed E-state index contributed by atoms with van der Waals surface area (Å²) in [5.41, 5.74) is 2.13. The molecule has 0 aliphatic heterocycles. The first-order chi connectivity index (χ1) is 15.4. The fourth-order valence-electron chi connectivity index (χ4n) is 3.36. The minimum atomic E-state index is -3.46. The highest BCUT2D eigenvalue weighted by Gasteiger charge is 2.19. The molecule has 7 nitrogen and oxygen atoms in total. The second kappa shape index (κ2) is 13.1. The molecule has 0 atom stereocenters. The maximum atomic E-state index is 12.8. The minimum absolute atomic E-state index is 0.120. The van der Waals surface area contributed by atoms with Gasteiger partial charge in [-0.1, -0.05) is 50.2 Å². The highest BCUT2D eigenvalue weighted by molar-refractivity contribution is 7.91. The third-order valence-corrected chi connectivity index (χ3v) is 7.17. The summed E-state index contributed by atoms with van der Waals surface area (Å²) < 4.78 is 25.4. The third-order valence-electron chi connectivity index (χ3n) is 5.46. The molecule has 0 saturated carbocycles. The molecule has 0 radical (unpaired) electrons. The quantitative estimate of drug-likeness (QED) is 0.480. The Labute approximate surface area is 192 Å². The topological polar surface area (TPSA) is 81.8 Å². The summed E-state index contributed by atoms with van der Waals surface area (Å²) in [4.78, 5) is 16.9. The zero-order chi connectivity index (χ0) is 23.4. The Bertz CT molecular complexity index is 931. The van der Waals surface area contributed by atoms with Gasteiger partial charge in [0.1, 0.15) is 0 Å². The summed E-state index contributed by atoms with van der Waals surface area (Å²) in [6.45, 7) is 10.4. The lowest BCUT2D eigenvalue weighted by molar-refractivity contribution is 0.200. The van der Waals surface area contributed by atoms with E-state index in [1.54, 1.807) is 35.2 Å². The Morgan fingerprint density at radius 1 is 0.875 bits per heavy atom. The van der Waals surface area contributed by atoms with Crippen molar-refractivity contribution in [2.75, 3.05) is 56.9 Å². The predicted molar refractivity (Wildman–Crippen MR) is 131 cm³/mol. The van der Waals surface area contributed by atoms with Crippen LogP contribution in [-0.4, -0.2) is 75.8 Å². The number of hydrogen-bond donors (Lipinski definition) is 2. The molecular weight excluding hydrogens is 424 g/mol. The van der Waals surface area contributed by atoms with Crippen molar-refractivity contribution in [3.8, 4) is 0 Å². The lowest BCUT2D eigenvalue weighted by atomic mass is 10.2. The van der Waals surface area contributed by atoms with Gasteiger partial charge in [-0.2, -0.15) is 0 Å². The third kappa shape index (κ3) is 8.16. The molecule has 8 heteroatoms. The number of urea groups is 1. The van der Waals surface area contributed by atoms with Gasteiger partial charge in [0.2, 0.25) is 0 Å². The molecule has 2 aromatic carbocycles. The zero-order valence-electron chi connectivity index (χ0n) is 19.4. The molecule has 0 spiro atoms. The molecule has 2 amide bonds. The van der Waals surface area contributed by atoms with Crippen LogP contribution in [0, 0.1) is 6.92 Å². The van der Waals surface area contributed by atoms with Crippen LogP contribution in [0.1, 0.15) is 19.4 Å². The molecule has 2 aromatic rings. The number of para-hydroxylation sites is 1. The van der Waals surface area contributed by atoms with Crippen LogP contribution in [0.25, 0.3) is 0 Å². The van der Waals surface area contributed by atoms with E-state index in [9.17, 15) is 13.2 Å². The number of carbonyl (C=O) groups is 1. The van der Waals surface area contributed by atoms with Crippen LogP contribution >= 0.6 is 0 Å². The lowest BCUT2D eigenvalue weighted by Crippen LogP contribution is -2.46.